The van der Waals surface area contributed by atoms with Crippen LogP contribution >= 0.6 is 0 Å². The molecule has 0 fully saturated rings. The van der Waals surface area contributed by atoms with Crippen LogP contribution < -0.4 is 14.4 Å². The predicted molar refractivity (Wildman–Crippen MR) is 122 cm³/mol. The summed E-state index contributed by atoms with van der Waals surface area (Å²) in [4.78, 5) is 12.6. The first kappa shape index (κ1) is 23.7. The van der Waals surface area contributed by atoms with E-state index in [2.05, 4.69) is 26.1 Å². The smallest absolute Gasteiger partial charge is 0.241 e. The summed E-state index contributed by atoms with van der Waals surface area (Å²) in [5, 5.41) is 2.87. The lowest BCUT2D eigenvalue weighted by molar-refractivity contribution is -0.120. The number of rotatable bonds is 8. The fourth-order valence-corrected chi connectivity index (χ4v) is 3.90. The molecule has 0 aliphatic carbocycles. The van der Waals surface area contributed by atoms with Crippen LogP contribution in [0.25, 0.3) is 0 Å². The topological polar surface area (TPSA) is 75.7 Å². The lowest BCUT2D eigenvalue weighted by Gasteiger charge is -2.25. The zero-order chi connectivity index (χ0) is 22.5. The number of nitrogens with zero attached hydrogens (tertiary/aromatic N) is 1. The van der Waals surface area contributed by atoms with E-state index in [4.69, 9.17) is 4.74 Å². The maximum Gasteiger partial charge on any atom is 0.241 e. The molecule has 0 saturated heterocycles. The molecule has 6 nitrogen and oxygen atoms in total. The summed E-state index contributed by atoms with van der Waals surface area (Å²) in [5.41, 5.74) is 2.42. The summed E-state index contributed by atoms with van der Waals surface area (Å²) in [6, 6.07) is 14.5. The van der Waals surface area contributed by atoms with Crippen LogP contribution in [0.5, 0.6) is 5.75 Å². The van der Waals surface area contributed by atoms with E-state index < -0.39 is 10.0 Å². The minimum atomic E-state index is -3.62. The molecule has 0 spiro atoms. The summed E-state index contributed by atoms with van der Waals surface area (Å²) in [6.07, 6.45) is 1.10. The number of hydrogen-bond donors (Lipinski definition) is 1. The average Bonchev–Trinajstić information content (AvgIpc) is 2.65. The number of hydrogen-bond acceptors (Lipinski definition) is 4. The molecule has 1 N–H and O–H groups in total. The van der Waals surface area contributed by atoms with E-state index in [9.17, 15) is 13.2 Å². The van der Waals surface area contributed by atoms with Crippen molar-refractivity contribution in [2.75, 3.05) is 23.7 Å². The number of benzene rings is 2. The highest BCUT2D eigenvalue weighted by molar-refractivity contribution is 7.92. The maximum atomic E-state index is 12.6. The first-order valence-electron chi connectivity index (χ1n) is 10.0. The van der Waals surface area contributed by atoms with Crippen LogP contribution in [0.1, 0.15) is 51.8 Å². The molecule has 7 heteroatoms. The van der Waals surface area contributed by atoms with Gasteiger partial charge in [-0.15, -0.1) is 0 Å². The molecule has 0 bridgehead atoms. The van der Waals surface area contributed by atoms with Crippen molar-refractivity contribution in [3.05, 3.63) is 59.7 Å². The van der Waals surface area contributed by atoms with Crippen LogP contribution in [0.2, 0.25) is 0 Å². The highest BCUT2D eigenvalue weighted by atomic mass is 32.2. The molecule has 1 atom stereocenters. The molecule has 0 saturated carbocycles. The molecule has 2 rings (SSSR count). The van der Waals surface area contributed by atoms with Crippen LogP contribution in [0.15, 0.2) is 48.5 Å². The Morgan fingerprint density at radius 2 is 1.63 bits per heavy atom. The van der Waals surface area contributed by atoms with Crippen molar-refractivity contribution in [2.24, 2.45) is 0 Å². The van der Waals surface area contributed by atoms with Crippen molar-refractivity contribution in [3.63, 3.8) is 0 Å². The second-order valence-electron chi connectivity index (χ2n) is 8.36. The normalized spacial score (nSPS) is 12.9. The molecule has 0 unspecified atom stereocenters. The molecule has 0 radical (unpaired) electrons. The fourth-order valence-electron chi connectivity index (χ4n) is 3.05. The van der Waals surface area contributed by atoms with Crippen molar-refractivity contribution in [2.45, 2.75) is 46.1 Å². The standard InChI is InChI=1S/C23H32N2O4S/c1-7-29-21-14-8-18(9-15-21)17(2)24-22(26)16-25(30(6,27)28)20-12-10-19(11-13-20)23(3,4)5/h8-15,17H,7,16H2,1-6H3,(H,24,26)/t17-/m1/s1. The van der Waals surface area contributed by atoms with Crippen LogP contribution in [0, 0.1) is 0 Å². The van der Waals surface area contributed by atoms with Crippen molar-refractivity contribution >= 4 is 21.6 Å². The van der Waals surface area contributed by atoms with Crippen LogP contribution in [-0.4, -0.2) is 33.7 Å². The number of nitrogens with one attached hydrogen (secondary N) is 1. The van der Waals surface area contributed by atoms with Gasteiger partial charge in [-0.2, -0.15) is 0 Å². The van der Waals surface area contributed by atoms with E-state index in [1.165, 1.54) is 0 Å². The van der Waals surface area contributed by atoms with Gasteiger partial charge >= 0.3 is 0 Å². The van der Waals surface area contributed by atoms with E-state index in [1.54, 1.807) is 12.1 Å². The molecular formula is C23H32N2O4S. The quantitative estimate of drug-likeness (QED) is 0.683. The number of amides is 1. The van der Waals surface area contributed by atoms with Gasteiger partial charge in [-0.1, -0.05) is 45.0 Å². The molecule has 1 amide bonds. The van der Waals surface area contributed by atoms with E-state index >= 15 is 0 Å². The van der Waals surface area contributed by atoms with Crippen molar-refractivity contribution in [1.82, 2.24) is 5.32 Å². The molecular weight excluding hydrogens is 400 g/mol. The first-order valence-corrected chi connectivity index (χ1v) is 11.9. The first-order chi connectivity index (χ1) is 13.9. The lowest BCUT2D eigenvalue weighted by Crippen LogP contribution is -2.41. The van der Waals surface area contributed by atoms with Gasteiger partial charge in [0.05, 0.1) is 24.6 Å². The van der Waals surface area contributed by atoms with Gasteiger partial charge in [-0.25, -0.2) is 8.42 Å². The number of carbonyl (C=O) groups is 1. The summed E-state index contributed by atoms with van der Waals surface area (Å²) < 4.78 is 31.2. The molecule has 0 aliphatic heterocycles. The third kappa shape index (κ3) is 6.49. The molecule has 164 valence electrons. The largest absolute Gasteiger partial charge is 0.494 e. The Labute approximate surface area is 180 Å². The molecule has 0 aromatic heterocycles. The Balaban J connectivity index is 2.12. The summed E-state index contributed by atoms with van der Waals surface area (Å²) in [6.45, 7) is 10.3. The van der Waals surface area contributed by atoms with Gasteiger partial charge in [0.1, 0.15) is 12.3 Å². The third-order valence-electron chi connectivity index (χ3n) is 4.78. The number of ether oxygens (including phenoxy) is 1. The minimum Gasteiger partial charge on any atom is -0.494 e. The van der Waals surface area contributed by atoms with E-state index in [1.807, 2.05) is 50.2 Å². The van der Waals surface area contributed by atoms with Crippen molar-refractivity contribution in [3.8, 4) is 5.75 Å². The van der Waals surface area contributed by atoms with Gasteiger partial charge < -0.3 is 10.1 Å². The number of sulfonamides is 1. The highest BCUT2D eigenvalue weighted by Crippen LogP contribution is 2.26. The van der Waals surface area contributed by atoms with Crippen LogP contribution in [-0.2, 0) is 20.2 Å². The summed E-state index contributed by atoms with van der Waals surface area (Å²) in [5.74, 6) is 0.392. The van der Waals surface area contributed by atoms with Crippen LogP contribution in [0.3, 0.4) is 0 Å². The van der Waals surface area contributed by atoms with Gasteiger partial charge in [-0.3, -0.25) is 9.10 Å². The second kappa shape index (κ2) is 9.51. The third-order valence-corrected chi connectivity index (χ3v) is 5.92. The van der Waals surface area contributed by atoms with Gasteiger partial charge in [0.2, 0.25) is 15.9 Å². The minimum absolute atomic E-state index is 0.0427. The van der Waals surface area contributed by atoms with Crippen LogP contribution in [0.4, 0.5) is 5.69 Å². The Morgan fingerprint density at radius 3 is 2.10 bits per heavy atom. The van der Waals surface area contributed by atoms with Gasteiger partial charge in [0, 0.05) is 0 Å². The van der Waals surface area contributed by atoms with E-state index in [0.29, 0.717) is 12.3 Å². The highest BCUT2D eigenvalue weighted by Gasteiger charge is 2.23. The Morgan fingerprint density at radius 1 is 1.07 bits per heavy atom. The van der Waals surface area contributed by atoms with Crippen molar-refractivity contribution < 1.29 is 17.9 Å². The summed E-state index contributed by atoms with van der Waals surface area (Å²) >= 11 is 0. The van der Waals surface area contributed by atoms with Gasteiger partial charge in [-0.05, 0) is 54.7 Å². The Bertz CT molecular complexity index is 946. The fraction of sp³-hybridized carbons (Fsp3) is 0.435. The zero-order valence-electron chi connectivity index (χ0n) is 18.6. The Kier molecular flexibility index (Phi) is 7.53. The summed E-state index contributed by atoms with van der Waals surface area (Å²) in [7, 11) is -3.62. The molecule has 2 aromatic carbocycles. The molecule has 30 heavy (non-hydrogen) atoms. The maximum absolute atomic E-state index is 12.6. The molecule has 2 aromatic rings. The molecule has 0 aliphatic rings. The zero-order valence-corrected chi connectivity index (χ0v) is 19.4. The van der Waals surface area contributed by atoms with Crippen molar-refractivity contribution in [1.29, 1.82) is 0 Å². The van der Waals surface area contributed by atoms with Gasteiger partial charge in [0.15, 0.2) is 0 Å². The second-order valence-corrected chi connectivity index (χ2v) is 10.3. The van der Waals surface area contributed by atoms with E-state index in [0.717, 1.165) is 27.4 Å². The van der Waals surface area contributed by atoms with Gasteiger partial charge in [0.25, 0.3) is 0 Å². The number of carbonyl (C=O) groups excluding carboxylic acids is 1. The number of anilines is 1. The monoisotopic (exact) mass is 432 g/mol. The predicted octanol–water partition coefficient (Wildman–Crippen LogP) is 4.03. The Hall–Kier alpha value is -2.54. The SMILES string of the molecule is CCOc1ccc([C@@H](C)NC(=O)CN(c2ccc(C(C)(C)C)cc2)S(C)(=O)=O)cc1. The molecule has 0 heterocycles. The van der Waals surface area contributed by atoms with E-state index in [-0.39, 0.29) is 23.9 Å². The average molecular weight is 433 g/mol. The lowest BCUT2D eigenvalue weighted by atomic mass is 9.87.